The lowest BCUT2D eigenvalue weighted by Crippen LogP contribution is -2.45. The maximum Gasteiger partial charge on any atom is 0.243 e. The average Bonchev–Trinajstić information content (AvgIpc) is 3.35. The second-order valence-electron chi connectivity index (χ2n) is 8.86. The molecule has 1 amide bonds. The minimum atomic E-state index is -3.52. The molecular formula is C24H33N3O4S. The molecule has 2 saturated heterocycles. The number of carbonyl (C=O) groups is 1. The molecule has 8 heteroatoms. The molecule has 1 unspecified atom stereocenters. The van der Waals surface area contributed by atoms with Crippen LogP contribution in [0.4, 0.5) is 0 Å². The van der Waals surface area contributed by atoms with Gasteiger partial charge >= 0.3 is 0 Å². The van der Waals surface area contributed by atoms with Crippen molar-refractivity contribution in [1.29, 1.82) is 0 Å². The van der Waals surface area contributed by atoms with Crippen LogP contribution in [0, 0.1) is 12.8 Å². The summed E-state index contributed by atoms with van der Waals surface area (Å²) < 4.78 is 33.0. The van der Waals surface area contributed by atoms with E-state index in [1.165, 1.54) is 23.6 Å². The molecular weight excluding hydrogens is 426 g/mol. The number of aryl methyl sites for hydroxylation is 1. The number of piperidine rings is 2. The number of furan rings is 1. The molecule has 0 radical (unpaired) electrons. The quantitative estimate of drug-likeness (QED) is 0.687. The number of benzene rings is 1. The van der Waals surface area contributed by atoms with Crippen LogP contribution in [-0.2, 0) is 14.8 Å². The highest BCUT2D eigenvalue weighted by molar-refractivity contribution is 7.89. The Bertz CT molecular complexity index is 975. The summed E-state index contributed by atoms with van der Waals surface area (Å²) >= 11 is 0. The molecule has 3 heterocycles. The Morgan fingerprint density at radius 2 is 1.75 bits per heavy atom. The van der Waals surface area contributed by atoms with Crippen LogP contribution in [0.5, 0.6) is 0 Å². The summed E-state index contributed by atoms with van der Waals surface area (Å²) in [7, 11) is -3.52. The maximum atomic E-state index is 12.9. The minimum Gasteiger partial charge on any atom is -0.468 e. The number of hydrogen-bond donors (Lipinski definition) is 1. The SMILES string of the molecule is Cc1ccc(S(=O)(=O)N2CCC(C(=O)NCC(c3ccco3)N3CCCCC3)CC2)cc1. The maximum absolute atomic E-state index is 12.9. The summed E-state index contributed by atoms with van der Waals surface area (Å²) in [5.74, 6) is 0.718. The molecule has 2 aromatic rings. The third-order valence-electron chi connectivity index (χ3n) is 6.66. The van der Waals surface area contributed by atoms with Crippen molar-refractivity contribution >= 4 is 15.9 Å². The summed E-state index contributed by atoms with van der Waals surface area (Å²) in [6.07, 6.45) is 6.33. The van der Waals surface area contributed by atoms with E-state index in [2.05, 4.69) is 10.2 Å². The van der Waals surface area contributed by atoms with E-state index >= 15 is 0 Å². The molecule has 0 spiro atoms. The van der Waals surface area contributed by atoms with Crippen molar-refractivity contribution in [2.75, 3.05) is 32.7 Å². The summed E-state index contributed by atoms with van der Waals surface area (Å²) in [6.45, 7) is 5.19. The molecule has 1 atom stereocenters. The highest BCUT2D eigenvalue weighted by Crippen LogP contribution is 2.26. The monoisotopic (exact) mass is 459 g/mol. The molecule has 2 aliphatic rings. The van der Waals surface area contributed by atoms with Gasteiger partial charge < -0.3 is 9.73 Å². The van der Waals surface area contributed by atoms with Gasteiger partial charge in [-0.3, -0.25) is 9.69 Å². The number of carbonyl (C=O) groups excluding carboxylic acids is 1. The standard InChI is InChI=1S/C24H33N3O4S/c1-19-7-9-21(10-8-19)32(29,30)27-15-11-20(12-16-27)24(28)25-18-22(23-6-5-17-31-23)26-13-3-2-4-14-26/h5-10,17,20,22H,2-4,11-16,18H2,1H3,(H,25,28). The minimum absolute atomic E-state index is 0.00551. The first kappa shape index (κ1) is 23.0. The van der Waals surface area contributed by atoms with E-state index in [-0.39, 0.29) is 17.9 Å². The van der Waals surface area contributed by atoms with E-state index < -0.39 is 10.0 Å². The lowest BCUT2D eigenvalue weighted by Gasteiger charge is -2.34. The molecule has 32 heavy (non-hydrogen) atoms. The molecule has 0 saturated carbocycles. The van der Waals surface area contributed by atoms with Crippen LogP contribution in [0.15, 0.2) is 52.0 Å². The summed E-state index contributed by atoms with van der Waals surface area (Å²) in [5.41, 5.74) is 1.02. The van der Waals surface area contributed by atoms with Crippen LogP contribution in [0.1, 0.15) is 49.5 Å². The Kier molecular flexibility index (Phi) is 7.33. The van der Waals surface area contributed by atoms with Crippen LogP contribution >= 0.6 is 0 Å². The lowest BCUT2D eigenvalue weighted by atomic mass is 9.97. The molecule has 4 rings (SSSR count). The molecule has 0 bridgehead atoms. The van der Waals surface area contributed by atoms with E-state index in [0.29, 0.717) is 37.4 Å². The van der Waals surface area contributed by atoms with Crippen LogP contribution in [0.25, 0.3) is 0 Å². The van der Waals surface area contributed by atoms with Crippen LogP contribution in [0.2, 0.25) is 0 Å². The molecule has 0 aliphatic carbocycles. The van der Waals surface area contributed by atoms with E-state index in [9.17, 15) is 13.2 Å². The zero-order valence-electron chi connectivity index (χ0n) is 18.7. The van der Waals surface area contributed by atoms with Gasteiger partial charge in [0.15, 0.2) is 0 Å². The Hall–Kier alpha value is -2.16. The Labute approximate surface area is 190 Å². The first-order valence-electron chi connectivity index (χ1n) is 11.6. The topological polar surface area (TPSA) is 82.9 Å². The number of amides is 1. The molecule has 1 aromatic heterocycles. The molecule has 2 fully saturated rings. The fourth-order valence-electron chi connectivity index (χ4n) is 4.68. The summed E-state index contributed by atoms with van der Waals surface area (Å²) in [6, 6.07) is 10.8. The number of nitrogens with zero attached hydrogens (tertiary/aromatic N) is 2. The second-order valence-corrected chi connectivity index (χ2v) is 10.8. The van der Waals surface area contributed by atoms with E-state index in [4.69, 9.17) is 4.42 Å². The molecule has 1 N–H and O–H groups in total. The van der Waals surface area contributed by atoms with Gasteiger partial charge in [0.05, 0.1) is 17.2 Å². The summed E-state index contributed by atoms with van der Waals surface area (Å²) in [5, 5.41) is 3.12. The second kappa shape index (κ2) is 10.2. The van der Waals surface area contributed by atoms with Gasteiger partial charge in [0, 0.05) is 25.6 Å². The van der Waals surface area contributed by atoms with Crippen LogP contribution in [-0.4, -0.2) is 56.3 Å². The van der Waals surface area contributed by atoms with Gasteiger partial charge in [-0.15, -0.1) is 0 Å². The Morgan fingerprint density at radius 3 is 2.38 bits per heavy atom. The van der Waals surface area contributed by atoms with E-state index in [0.717, 1.165) is 24.4 Å². The van der Waals surface area contributed by atoms with Gasteiger partial charge in [-0.05, 0) is 70.0 Å². The van der Waals surface area contributed by atoms with Crippen molar-refractivity contribution in [1.82, 2.24) is 14.5 Å². The van der Waals surface area contributed by atoms with E-state index in [1.54, 1.807) is 18.4 Å². The van der Waals surface area contributed by atoms with Crippen LogP contribution < -0.4 is 5.32 Å². The van der Waals surface area contributed by atoms with Crippen molar-refractivity contribution in [2.24, 2.45) is 5.92 Å². The first-order valence-corrected chi connectivity index (χ1v) is 13.0. The predicted molar refractivity (Wildman–Crippen MR) is 123 cm³/mol. The van der Waals surface area contributed by atoms with Crippen molar-refractivity contribution in [3.05, 3.63) is 54.0 Å². The van der Waals surface area contributed by atoms with Gasteiger partial charge in [-0.1, -0.05) is 24.1 Å². The van der Waals surface area contributed by atoms with Crippen LogP contribution in [0.3, 0.4) is 0 Å². The van der Waals surface area contributed by atoms with Crippen molar-refractivity contribution in [2.45, 2.75) is 50.0 Å². The van der Waals surface area contributed by atoms with Gasteiger partial charge in [0.2, 0.25) is 15.9 Å². The van der Waals surface area contributed by atoms with Gasteiger partial charge in [-0.25, -0.2) is 8.42 Å². The largest absolute Gasteiger partial charge is 0.468 e. The first-order chi connectivity index (χ1) is 15.4. The zero-order chi connectivity index (χ0) is 22.6. The van der Waals surface area contributed by atoms with Crippen molar-refractivity contribution in [3.63, 3.8) is 0 Å². The molecule has 7 nitrogen and oxygen atoms in total. The summed E-state index contributed by atoms with van der Waals surface area (Å²) in [4.78, 5) is 15.6. The Morgan fingerprint density at radius 1 is 1.06 bits per heavy atom. The van der Waals surface area contributed by atoms with E-state index in [1.807, 2.05) is 31.2 Å². The zero-order valence-corrected chi connectivity index (χ0v) is 19.5. The molecule has 174 valence electrons. The Balaban J connectivity index is 1.32. The predicted octanol–water partition coefficient (Wildman–Crippen LogP) is 3.33. The highest BCUT2D eigenvalue weighted by Gasteiger charge is 2.33. The number of hydrogen-bond acceptors (Lipinski definition) is 5. The highest BCUT2D eigenvalue weighted by atomic mass is 32.2. The molecule has 1 aromatic carbocycles. The number of sulfonamides is 1. The van der Waals surface area contributed by atoms with Crippen molar-refractivity contribution in [3.8, 4) is 0 Å². The smallest absolute Gasteiger partial charge is 0.243 e. The van der Waals surface area contributed by atoms with Gasteiger partial charge in [-0.2, -0.15) is 4.31 Å². The van der Waals surface area contributed by atoms with Crippen molar-refractivity contribution < 1.29 is 17.6 Å². The third-order valence-corrected chi connectivity index (χ3v) is 8.57. The normalized spacial score (nSPS) is 20.2. The third kappa shape index (κ3) is 5.24. The number of nitrogens with one attached hydrogen (secondary N) is 1. The fourth-order valence-corrected chi connectivity index (χ4v) is 6.15. The van der Waals surface area contributed by atoms with Gasteiger partial charge in [0.1, 0.15) is 5.76 Å². The number of rotatable bonds is 7. The fraction of sp³-hybridized carbons (Fsp3) is 0.542. The number of likely N-dealkylation sites (tertiary alicyclic amines) is 1. The lowest BCUT2D eigenvalue weighted by molar-refractivity contribution is -0.126. The average molecular weight is 460 g/mol. The molecule has 2 aliphatic heterocycles. The van der Waals surface area contributed by atoms with Gasteiger partial charge in [0.25, 0.3) is 0 Å².